The quantitative estimate of drug-likeness (QED) is 0.680. The maximum atomic E-state index is 13.0. The SMILES string of the molecule is Cc1nc(CNCc2ccc(F)cc2)cc(C2=NOC(C3CCN(S(C)(=O)=O)CC3)C2)n1. The summed E-state index contributed by atoms with van der Waals surface area (Å²) in [6.45, 7) is 4.05. The average molecular weight is 462 g/mol. The summed E-state index contributed by atoms with van der Waals surface area (Å²) in [5.74, 6) is 0.686. The molecule has 0 amide bonds. The molecule has 1 fully saturated rings. The van der Waals surface area contributed by atoms with Gasteiger partial charge < -0.3 is 10.2 Å². The van der Waals surface area contributed by atoms with Crippen molar-refractivity contribution < 1.29 is 17.6 Å². The van der Waals surface area contributed by atoms with Crippen molar-refractivity contribution in [2.45, 2.75) is 45.4 Å². The third-order valence-electron chi connectivity index (χ3n) is 5.92. The van der Waals surface area contributed by atoms with Gasteiger partial charge in [0.2, 0.25) is 10.0 Å². The average Bonchev–Trinajstić information content (AvgIpc) is 3.25. The predicted molar refractivity (Wildman–Crippen MR) is 119 cm³/mol. The Morgan fingerprint density at radius 3 is 2.56 bits per heavy atom. The van der Waals surface area contributed by atoms with Crippen molar-refractivity contribution in [3.63, 3.8) is 0 Å². The molecule has 1 unspecified atom stereocenters. The van der Waals surface area contributed by atoms with Crippen molar-refractivity contribution >= 4 is 15.7 Å². The number of nitrogens with zero attached hydrogens (tertiary/aromatic N) is 4. The molecule has 32 heavy (non-hydrogen) atoms. The lowest BCUT2D eigenvalue weighted by Gasteiger charge is -2.32. The van der Waals surface area contributed by atoms with Gasteiger partial charge in [-0.15, -0.1) is 0 Å². The van der Waals surface area contributed by atoms with Crippen LogP contribution >= 0.6 is 0 Å². The van der Waals surface area contributed by atoms with E-state index in [4.69, 9.17) is 4.84 Å². The van der Waals surface area contributed by atoms with E-state index >= 15 is 0 Å². The number of nitrogens with one attached hydrogen (secondary N) is 1. The second kappa shape index (κ2) is 9.60. The Balaban J connectivity index is 1.33. The van der Waals surface area contributed by atoms with Crippen molar-refractivity contribution in [2.75, 3.05) is 19.3 Å². The Morgan fingerprint density at radius 1 is 1.16 bits per heavy atom. The maximum Gasteiger partial charge on any atom is 0.211 e. The predicted octanol–water partition coefficient (Wildman–Crippen LogP) is 2.38. The minimum absolute atomic E-state index is 0.0537. The lowest BCUT2D eigenvalue weighted by molar-refractivity contribution is 0.0225. The van der Waals surface area contributed by atoms with Crippen molar-refractivity contribution in [1.82, 2.24) is 19.6 Å². The zero-order chi connectivity index (χ0) is 22.7. The third kappa shape index (κ3) is 5.67. The molecular weight excluding hydrogens is 433 g/mol. The highest BCUT2D eigenvalue weighted by Crippen LogP contribution is 2.30. The van der Waals surface area contributed by atoms with Crippen LogP contribution in [-0.4, -0.2) is 53.9 Å². The number of aromatic nitrogens is 2. The number of sulfonamides is 1. The van der Waals surface area contributed by atoms with Crippen LogP contribution < -0.4 is 5.32 Å². The Kier molecular flexibility index (Phi) is 6.82. The summed E-state index contributed by atoms with van der Waals surface area (Å²) in [7, 11) is -3.14. The summed E-state index contributed by atoms with van der Waals surface area (Å²) in [5, 5.41) is 7.61. The van der Waals surface area contributed by atoms with E-state index in [1.807, 2.05) is 13.0 Å². The van der Waals surface area contributed by atoms with E-state index in [0.29, 0.717) is 38.4 Å². The Hall–Kier alpha value is -2.43. The molecule has 1 atom stereocenters. The minimum atomic E-state index is -3.14. The normalized spacial score (nSPS) is 20.2. The molecule has 1 aromatic heterocycles. The zero-order valence-corrected chi connectivity index (χ0v) is 19.1. The molecule has 172 valence electrons. The smallest absolute Gasteiger partial charge is 0.211 e. The summed E-state index contributed by atoms with van der Waals surface area (Å²) in [6.07, 6.45) is 3.39. The second-order valence-corrected chi connectivity index (χ2v) is 10.4. The van der Waals surface area contributed by atoms with Crippen LogP contribution in [0.15, 0.2) is 35.5 Å². The summed E-state index contributed by atoms with van der Waals surface area (Å²) < 4.78 is 38.0. The molecule has 1 aromatic carbocycles. The molecule has 4 rings (SSSR count). The fraction of sp³-hybridized carbons (Fsp3) is 0.500. The number of halogens is 1. The minimum Gasteiger partial charge on any atom is -0.391 e. The Labute approximate surface area is 187 Å². The van der Waals surface area contributed by atoms with Crippen molar-refractivity contribution in [3.8, 4) is 0 Å². The first-order valence-corrected chi connectivity index (χ1v) is 12.6. The van der Waals surface area contributed by atoms with E-state index < -0.39 is 10.0 Å². The summed E-state index contributed by atoms with van der Waals surface area (Å²) in [5.41, 5.74) is 3.40. The molecule has 2 aromatic rings. The number of piperidine rings is 1. The van der Waals surface area contributed by atoms with Crippen LogP contribution in [0.25, 0.3) is 0 Å². The summed E-state index contributed by atoms with van der Waals surface area (Å²) in [6, 6.07) is 8.32. The van der Waals surface area contributed by atoms with Gasteiger partial charge in [0.1, 0.15) is 23.5 Å². The molecule has 2 aliphatic rings. The van der Waals surface area contributed by atoms with Gasteiger partial charge in [0.05, 0.1) is 17.6 Å². The van der Waals surface area contributed by atoms with Crippen LogP contribution in [-0.2, 0) is 28.0 Å². The maximum absolute atomic E-state index is 13.0. The van der Waals surface area contributed by atoms with Crippen LogP contribution in [0.4, 0.5) is 4.39 Å². The fourth-order valence-corrected chi connectivity index (χ4v) is 5.06. The molecule has 0 radical (unpaired) electrons. The topological polar surface area (TPSA) is 96.8 Å². The van der Waals surface area contributed by atoms with E-state index in [0.717, 1.165) is 35.5 Å². The first-order valence-electron chi connectivity index (χ1n) is 10.8. The molecular formula is C22H28FN5O3S. The van der Waals surface area contributed by atoms with Crippen LogP contribution in [0.3, 0.4) is 0 Å². The van der Waals surface area contributed by atoms with Crippen molar-refractivity contribution in [1.29, 1.82) is 0 Å². The molecule has 1 N–H and O–H groups in total. The van der Waals surface area contributed by atoms with Gasteiger partial charge in [-0.1, -0.05) is 17.3 Å². The van der Waals surface area contributed by atoms with E-state index in [-0.39, 0.29) is 17.8 Å². The molecule has 1 saturated heterocycles. The van der Waals surface area contributed by atoms with Gasteiger partial charge in [0.25, 0.3) is 0 Å². The van der Waals surface area contributed by atoms with Gasteiger partial charge in [-0.2, -0.15) is 0 Å². The largest absolute Gasteiger partial charge is 0.391 e. The van der Waals surface area contributed by atoms with E-state index in [2.05, 4.69) is 20.4 Å². The summed E-state index contributed by atoms with van der Waals surface area (Å²) >= 11 is 0. The molecule has 0 spiro atoms. The summed E-state index contributed by atoms with van der Waals surface area (Å²) in [4.78, 5) is 14.8. The third-order valence-corrected chi connectivity index (χ3v) is 7.22. The van der Waals surface area contributed by atoms with Gasteiger partial charge in [-0.25, -0.2) is 27.1 Å². The lowest BCUT2D eigenvalue weighted by atomic mass is 9.89. The molecule has 8 nitrogen and oxygen atoms in total. The van der Waals surface area contributed by atoms with Gasteiger partial charge >= 0.3 is 0 Å². The number of hydrogen-bond donors (Lipinski definition) is 1. The first kappa shape index (κ1) is 22.8. The molecule has 3 heterocycles. The molecule has 0 saturated carbocycles. The number of benzene rings is 1. The number of hydrogen-bond acceptors (Lipinski definition) is 7. The molecule has 10 heteroatoms. The first-order chi connectivity index (χ1) is 15.3. The Morgan fingerprint density at radius 2 is 1.88 bits per heavy atom. The molecule has 0 bridgehead atoms. The second-order valence-electron chi connectivity index (χ2n) is 8.41. The molecule has 0 aliphatic carbocycles. The van der Waals surface area contributed by atoms with E-state index in [1.165, 1.54) is 22.7 Å². The number of oxime groups is 1. The van der Waals surface area contributed by atoms with Gasteiger partial charge in [-0.3, -0.25) is 0 Å². The standard InChI is InChI=1S/C22H28FN5O3S/c1-15-25-19(14-24-13-16-3-5-18(23)6-4-16)11-20(26-15)21-12-22(31-27-21)17-7-9-28(10-8-17)32(2,29)30/h3-6,11,17,22,24H,7-10,12-14H2,1-2H3. The fourth-order valence-electron chi connectivity index (χ4n) is 4.18. The Bertz CT molecular complexity index is 1080. The molecule has 2 aliphatic heterocycles. The highest BCUT2D eigenvalue weighted by Gasteiger charge is 2.35. The number of aryl methyl sites for hydroxylation is 1. The number of rotatable bonds is 7. The van der Waals surface area contributed by atoms with E-state index in [9.17, 15) is 12.8 Å². The zero-order valence-electron chi connectivity index (χ0n) is 18.3. The monoisotopic (exact) mass is 461 g/mol. The highest BCUT2D eigenvalue weighted by atomic mass is 32.2. The highest BCUT2D eigenvalue weighted by molar-refractivity contribution is 7.88. The van der Waals surface area contributed by atoms with Crippen molar-refractivity contribution in [2.24, 2.45) is 11.1 Å². The van der Waals surface area contributed by atoms with Gasteiger partial charge in [-0.05, 0) is 43.5 Å². The van der Waals surface area contributed by atoms with Crippen LogP contribution in [0.1, 0.15) is 42.0 Å². The van der Waals surface area contributed by atoms with Gasteiger partial charge in [0.15, 0.2) is 0 Å². The van der Waals surface area contributed by atoms with E-state index in [1.54, 1.807) is 12.1 Å². The van der Waals surface area contributed by atoms with Crippen LogP contribution in [0, 0.1) is 18.7 Å². The van der Waals surface area contributed by atoms with Gasteiger partial charge in [0, 0.05) is 38.5 Å². The lowest BCUT2D eigenvalue weighted by Crippen LogP contribution is -2.40. The van der Waals surface area contributed by atoms with Crippen molar-refractivity contribution in [3.05, 3.63) is 58.9 Å². The van der Waals surface area contributed by atoms with Crippen LogP contribution in [0.5, 0.6) is 0 Å². The van der Waals surface area contributed by atoms with Crippen LogP contribution in [0.2, 0.25) is 0 Å².